The second-order valence-electron chi connectivity index (χ2n) is 25.6. The van der Waals surface area contributed by atoms with E-state index in [1.165, 1.54) is 19.3 Å². The van der Waals surface area contributed by atoms with Gasteiger partial charge >= 0.3 is 39.5 Å². The van der Waals surface area contributed by atoms with E-state index in [0.29, 0.717) is 25.7 Å². The van der Waals surface area contributed by atoms with Crippen LogP contribution in [-0.4, -0.2) is 96.7 Å². The normalized spacial score (nSPS) is 14.6. The van der Waals surface area contributed by atoms with Gasteiger partial charge in [-0.3, -0.25) is 37.3 Å². The van der Waals surface area contributed by atoms with Gasteiger partial charge in [0.15, 0.2) is 12.2 Å². The highest BCUT2D eigenvalue weighted by Crippen LogP contribution is 2.45. The van der Waals surface area contributed by atoms with Crippen LogP contribution in [0.5, 0.6) is 0 Å². The van der Waals surface area contributed by atoms with Gasteiger partial charge in [-0.05, 0) is 148 Å². The van der Waals surface area contributed by atoms with Crippen LogP contribution in [0.2, 0.25) is 0 Å². The molecule has 0 heterocycles. The van der Waals surface area contributed by atoms with E-state index in [0.717, 1.165) is 212 Å². The molecule has 5 unspecified atom stereocenters. The highest BCUT2D eigenvalue weighted by Gasteiger charge is 2.30. The summed E-state index contributed by atoms with van der Waals surface area (Å²) in [7, 11) is -9.97. The van der Waals surface area contributed by atoms with Crippen molar-refractivity contribution in [1.29, 1.82) is 0 Å². The van der Waals surface area contributed by atoms with Crippen molar-refractivity contribution in [3.8, 4) is 0 Å². The first-order valence-electron chi connectivity index (χ1n) is 38.8. The average molecular weight is 1450 g/mol. The Labute approximate surface area is 606 Å². The summed E-state index contributed by atoms with van der Waals surface area (Å²) >= 11 is 0. The Morgan fingerprint density at radius 3 is 0.840 bits per heavy atom. The molecule has 0 aromatic heterocycles. The van der Waals surface area contributed by atoms with Crippen LogP contribution in [0.15, 0.2) is 122 Å². The molecule has 0 aromatic rings. The molecule has 574 valence electrons. The zero-order chi connectivity index (χ0) is 73.2. The molecular formula is C81H138O17P2. The van der Waals surface area contributed by atoms with Crippen LogP contribution < -0.4 is 0 Å². The summed E-state index contributed by atoms with van der Waals surface area (Å²) in [6.07, 6.45) is 79.0. The molecule has 0 aromatic carbocycles. The van der Waals surface area contributed by atoms with E-state index in [1.807, 2.05) is 0 Å². The molecule has 0 saturated heterocycles. The molecule has 0 rings (SSSR count). The van der Waals surface area contributed by atoms with Crippen molar-refractivity contribution < 1.29 is 80.2 Å². The summed E-state index contributed by atoms with van der Waals surface area (Å²) in [4.78, 5) is 72.9. The number of phosphoric acid groups is 2. The van der Waals surface area contributed by atoms with Crippen molar-refractivity contribution in [2.24, 2.45) is 0 Å². The molecule has 5 atom stereocenters. The van der Waals surface area contributed by atoms with Gasteiger partial charge in [-0.25, -0.2) is 9.13 Å². The van der Waals surface area contributed by atoms with E-state index in [9.17, 15) is 43.2 Å². The van der Waals surface area contributed by atoms with Gasteiger partial charge in [-0.2, -0.15) is 0 Å². The summed E-state index contributed by atoms with van der Waals surface area (Å²) < 4.78 is 68.5. The molecular weight excluding hydrogens is 1310 g/mol. The molecule has 0 radical (unpaired) electrons. The third-order valence-corrected chi connectivity index (χ3v) is 17.7. The maximum atomic E-state index is 13.1. The molecule has 0 bridgehead atoms. The van der Waals surface area contributed by atoms with Gasteiger partial charge in [0.2, 0.25) is 0 Å². The number of esters is 4. The van der Waals surface area contributed by atoms with Crippen LogP contribution in [0.3, 0.4) is 0 Å². The number of phosphoric ester groups is 2. The van der Waals surface area contributed by atoms with Crippen molar-refractivity contribution in [2.75, 3.05) is 39.6 Å². The van der Waals surface area contributed by atoms with Crippen LogP contribution in [0.1, 0.15) is 310 Å². The monoisotopic (exact) mass is 1440 g/mol. The molecule has 3 N–H and O–H groups in total. The third-order valence-electron chi connectivity index (χ3n) is 15.8. The number of aliphatic hydroxyl groups excluding tert-OH is 1. The first kappa shape index (κ1) is 95.5. The fraction of sp³-hybridized carbons (Fsp3) is 0.704. The van der Waals surface area contributed by atoms with E-state index in [1.54, 1.807) is 0 Å². The Balaban J connectivity index is 5.36. The Hall–Kier alpha value is -4.54. The Kier molecular flexibility index (Phi) is 69.5. The molecule has 0 spiro atoms. The van der Waals surface area contributed by atoms with Gasteiger partial charge in [0.1, 0.15) is 19.3 Å². The van der Waals surface area contributed by atoms with Crippen LogP contribution in [0, 0.1) is 0 Å². The number of hydrogen-bond donors (Lipinski definition) is 3. The molecule has 0 aliphatic carbocycles. The van der Waals surface area contributed by atoms with E-state index in [2.05, 4.69) is 149 Å². The molecule has 100 heavy (non-hydrogen) atoms. The minimum Gasteiger partial charge on any atom is -0.462 e. The predicted octanol–water partition coefficient (Wildman–Crippen LogP) is 22.3. The molecule has 19 heteroatoms. The van der Waals surface area contributed by atoms with E-state index in [-0.39, 0.29) is 25.7 Å². The summed E-state index contributed by atoms with van der Waals surface area (Å²) in [5, 5.41) is 10.6. The minimum absolute atomic E-state index is 0.0723. The lowest BCUT2D eigenvalue weighted by atomic mass is 10.1. The zero-order valence-electron chi connectivity index (χ0n) is 62.6. The molecule has 17 nitrogen and oxygen atoms in total. The van der Waals surface area contributed by atoms with Gasteiger partial charge < -0.3 is 33.8 Å². The second kappa shape index (κ2) is 72.8. The highest BCUT2D eigenvalue weighted by atomic mass is 31.2. The van der Waals surface area contributed by atoms with Crippen molar-refractivity contribution in [2.45, 2.75) is 329 Å². The fourth-order valence-electron chi connectivity index (χ4n) is 9.96. The maximum Gasteiger partial charge on any atom is 0.472 e. The van der Waals surface area contributed by atoms with Crippen molar-refractivity contribution >= 4 is 39.5 Å². The number of carbonyl (C=O) groups is 4. The fourth-order valence-corrected chi connectivity index (χ4v) is 11.5. The number of unbranched alkanes of at least 4 members (excludes halogenated alkanes) is 26. The number of hydrogen-bond acceptors (Lipinski definition) is 15. The van der Waals surface area contributed by atoms with E-state index < -0.39 is 97.5 Å². The SMILES string of the molecule is CC/C=C\C/C=C\C/C=C\CCCCCCCC(=O)OCC(COP(=O)(O)OCC(O)COP(=O)(O)OCC(COC(=O)CCCCCCCC/C=C\C/C=C\C/C=C\CCCCC)OC(=O)CCCCCCC/C=C\C/C=C\CCC)OC(=O)CCCCCCC/C=C\C/C=C\CCC. The van der Waals surface area contributed by atoms with Crippen LogP contribution in [-0.2, 0) is 65.4 Å². The first-order chi connectivity index (χ1) is 48.7. The van der Waals surface area contributed by atoms with Gasteiger partial charge in [0, 0.05) is 25.7 Å². The summed E-state index contributed by atoms with van der Waals surface area (Å²) in [5.74, 6) is -2.24. The molecule has 0 amide bonds. The number of rotatable bonds is 72. The largest absolute Gasteiger partial charge is 0.472 e. The lowest BCUT2D eigenvalue weighted by molar-refractivity contribution is -0.161. The number of allylic oxidation sites excluding steroid dienone is 20. The quantitative estimate of drug-likeness (QED) is 0.0169. The molecule has 0 aliphatic heterocycles. The van der Waals surface area contributed by atoms with Crippen molar-refractivity contribution in [3.63, 3.8) is 0 Å². The van der Waals surface area contributed by atoms with Crippen LogP contribution in [0.25, 0.3) is 0 Å². The predicted molar refractivity (Wildman–Crippen MR) is 408 cm³/mol. The third kappa shape index (κ3) is 71.8. The van der Waals surface area contributed by atoms with Gasteiger partial charge in [-0.1, -0.05) is 258 Å². The molecule has 0 aliphatic rings. The Bertz CT molecular complexity index is 2370. The van der Waals surface area contributed by atoms with Gasteiger partial charge in [-0.15, -0.1) is 0 Å². The summed E-state index contributed by atoms with van der Waals surface area (Å²) in [5.41, 5.74) is 0. The zero-order valence-corrected chi connectivity index (χ0v) is 64.4. The lowest BCUT2D eigenvalue weighted by Crippen LogP contribution is -2.30. The molecule has 0 fully saturated rings. The smallest absolute Gasteiger partial charge is 0.462 e. The van der Waals surface area contributed by atoms with E-state index >= 15 is 0 Å². The lowest BCUT2D eigenvalue weighted by Gasteiger charge is -2.21. The van der Waals surface area contributed by atoms with Gasteiger partial charge in [0.25, 0.3) is 0 Å². The van der Waals surface area contributed by atoms with E-state index in [4.69, 9.17) is 37.0 Å². The second-order valence-corrected chi connectivity index (χ2v) is 28.5. The first-order valence-corrected chi connectivity index (χ1v) is 41.8. The summed E-state index contributed by atoms with van der Waals surface area (Å²) in [6.45, 7) is 4.54. The average Bonchev–Trinajstić information content (AvgIpc) is 0.936. The minimum atomic E-state index is -4.98. The Morgan fingerprint density at radius 1 is 0.290 bits per heavy atom. The number of aliphatic hydroxyl groups is 1. The maximum absolute atomic E-state index is 13.1. The summed E-state index contributed by atoms with van der Waals surface area (Å²) in [6, 6.07) is 0. The topological polar surface area (TPSA) is 237 Å². The number of carbonyl (C=O) groups excluding carboxylic acids is 4. The van der Waals surface area contributed by atoms with Gasteiger partial charge in [0.05, 0.1) is 26.4 Å². The highest BCUT2D eigenvalue weighted by molar-refractivity contribution is 7.47. The number of ether oxygens (including phenoxy) is 4. The Morgan fingerprint density at radius 2 is 0.540 bits per heavy atom. The van der Waals surface area contributed by atoms with Crippen LogP contribution >= 0.6 is 15.6 Å². The van der Waals surface area contributed by atoms with Crippen LogP contribution in [0.4, 0.5) is 0 Å². The van der Waals surface area contributed by atoms with Crippen molar-refractivity contribution in [3.05, 3.63) is 122 Å². The molecule has 0 saturated carbocycles. The standard InChI is InChI=1S/C81H138O17P2/c1-5-9-13-17-21-25-29-33-35-36-37-38-40-44-46-50-54-58-62-66-79(84)92-72-77(98-81(86)68-64-60-56-52-48-42-32-28-24-20-16-12-8-4)74-96-100(89,90)94-70-75(82)69-93-99(87,88)95-73-76(97-80(85)67-63-59-55-51-47-41-31-27-23-19-15-11-7-3)71-91-78(83)65-61-57-53-49-45-43-39-34-30-26-22-18-14-10-6-2/h10,14-16,19-22,25-28,31-35,37-39,75-77,82H,5-9,11-13,17-18,23-24,29-30,36,40-74H2,1-4H3,(H,87,88)(H,89,90)/b14-10-,19-15-,20-16-,25-21-,26-22-,31-27-,32-28-,35-33-,38-37-,39-34-. The van der Waals surface area contributed by atoms with Crippen molar-refractivity contribution in [1.82, 2.24) is 0 Å².